The molecule has 0 bridgehead atoms. The minimum absolute atomic E-state index is 0.867. The molecular weight excluding hydrogens is 328 g/mol. The Balaban J connectivity index is 1.60. The fraction of sp³-hybridized carbons (Fsp3) is 0.462. The van der Waals surface area contributed by atoms with Crippen LogP contribution in [-0.4, -0.2) is 7.11 Å². The maximum Gasteiger partial charge on any atom is 0.118 e. The van der Waals surface area contributed by atoms with Gasteiger partial charge in [-0.15, -0.1) is 0 Å². The van der Waals surface area contributed by atoms with Crippen molar-refractivity contribution in [3.63, 3.8) is 0 Å². The van der Waals surface area contributed by atoms with Crippen LogP contribution >= 0.6 is 0 Å². The highest BCUT2D eigenvalue weighted by molar-refractivity contribution is 5.71. The molecule has 1 heteroatoms. The molecule has 2 atom stereocenters. The number of methoxy groups -OCH3 is 1. The Morgan fingerprint density at radius 2 is 1.56 bits per heavy atom. The van der Waals surface area contributed by atoms with Crippen LogP contribution in [0.1, 0.15) is 64.4 Å². The van der Waals surface area contributed by atoms with Crippen molar-refractivity contribution in [1.29, 1.82) is 0 Å². The minimum Gasteiger partial charge on any atom is -0.497 e. The molecule has 1 nitrogen and oxygen atoms in total. The summed E-state index contributed by atoms with van der Waals surface area (Å²) >= 11 is 0. The summed E-state index contributed by atoms with van der Waals surface area (Å²) in [6, 6.07) is 17.4. The average molecular weight is 363 g/mol. The highest BCUT2D eigenvalue weighted by Gasteiger charge is 2.20. The molecular formula is C26H34O. The Bertz CT molecular complexity index is 724. The van der Waals surface area contributed by atoms with E-state index >= 15 is 0 Å². The summed E-state index contributed by atoms with van der Waals surface area (Å²) < 4.78 is 5.25. The van der Waals surface area contributed by atoms with E-state index in [0.717, 1.165) is 17.6 Å². The largest absolute Gasteiger partial charge is 0.497 e. The van der Waals surface area contributed by atoms with Gasteiger partial charge in [-0.25, -0.2) is 0 Å². The van der Waals surface area contributed by atoms with Crippen molar-refractivity contribution in [2.24, 2.45) is 11.8 Å². The minimum atomic E-state index is 0.867. The lowest BCUT2D eigenvalue weighted by atomic mass is 9.78. The first-order valence-electron chi connectivity index (χ1n) is 10.6. The maximum absolute atomic E-state index is 5.25. The van der Waals surface area contributed by atoms with E-state index in [4.69, 9.17) is 4.74 Å². The smallest absolute Gasteiger partial charge is 0.118 e. The molecule has 0 heterocycles. The van der Waals surface area contributed by atoms with Crippen LogP contribution in [0.4, 0.5) is 0 Å². The lowest BCUT2D eigenvalue weighted by molar-refractivity contribution is 0.308. The van der Waals surface area contributed by atoms with Crippen LogP contribution < -0.4 is 4.74 Å². The SMILES string of the molecule is CCCCCC(C)C1CC=C(c2ccc(-c3ccc(OC)cc3)cc2)CC1. The van der Waals surface area contributed by atoms with Gasteiger partial charge in [0, 0.05) is 0 Å². The molecule has 0 saturated carbocycles. The first-order valence-corrected chi connectivity index (χ1v) is 10.6. The Labute approximate surface area is 165 Å². The topological polar surface area (TPSA) is 9.23 Å². The molecule has 2 aromatic carbocycles. The fourth-order valence-electron chi connectivity index (χ4n) is 4.25. The van der Waals surface area contributed by atoms with Crippen molar-refractivity contribution in [1.82, 2.24) is 0 Å². The Hall–Kier alpha value is -2.02. The second-order valence-electron chi connectivity index (χ2n) is 8.04. The molecule has 27 heavy (non-hydrogen) atoms. The maximum atomic E-state index is 5.25. The van der Waals surface area contributed by atoms with Crippen molar-refractivity contribution in [3.8, 4) is 16.9 Å². The van der Waals surface area contributed by atoms with E-state index in [1.54, 1.807) is 7.11 Å². The monoisotopic (exact) mass is 362 g/mol. The molecule has 3 rings (SSSR count). The highest BCUT2D eigenvalue weighted by Crippen LogP contribution is 2.36. The quantitative estimate of drug-likeness (QED) is 0.436. The summed E-state index contributed by atoms with van der Waals surface area (Å²) in [7, 11) is 1.71. The molecule has 144 valence electrons. The van der Waals surface area contributed by atoms with E-state index < -0.39 is 0 Å². The number of ether oxygens (including phenoxy) is 1. The lowest BCUT2D eigenvalue weighted by Crippen LogP contribution is -2.14. The molecule has 2 aromatic rings. The van der Waals surface area contributed by atoms with Gasteiger partial charge in [-0.3, -0.25) is 0 Å². The van der Waals surface area contributed by atoms with Gasteiger partial charge in [0.05, 0.1) is 7.11 Å². The van der Waals surface area contributed by atoms with Crippen molar-refractivity contribution in [2.75, 3.05) is 7.11 Å². The van der Waals surface area contributed by atoms with Crippen LogP contribution in [0.2, 0.25) is 0 Å². The van der Waals surface area contributed by atoms with Crippen molar-refractivity contribution < 1.29 is 4.74 Å². The van der Waals surface area contributed by atoms with E-state index in [1.807, 2.05) is 12.1 Å². The molecule has 0 fully saturated rings. The predicted molar refractivity (Wildman–Crippen MR) is 117 cm³/mol. The number of hydrogen-bond acceptors (Lipinski definition) is 1. The molecule has 0 radical (unpaired) electrons. The van der Waals surface area contributed by atoms with Gasteiger partial charge in [0.1, 0.15) is 5.75 Å². The summed E-state index contributed by atoms with van der Waals surface area (Å²) in [4.78, 5) is 0. The molecule has 0 aliphatic heterocycles. The number of hydrogen-bond donors (Lipinski definition) is 0. The van der Waals surface area contributed by atoms with Crippen LogP contribution in [-0.2, 0) is 0 Å². The van der Waals surface area contributed by atoms with Gasteiger partial charge in [-0.1, -0.05) is 82.0 Å². The Morgan fingerprint density at radius 3 is 2.11 bits per heavy atom. The van der Waals surface area contributed by atoms with E-state index in [-0.39, 0.29) is 0 Å². The lowest BCUT2D eigenvalue weighted by Gasteiger charge is -2.27. The molecule has 2 unspecified atom stereocenters. The zero-order valence-corrected chi connectivity index (χ0v) is 17.2. The summed E-state index contributed by atoms with van der Waals surface area (Å²) in [6.07, 6.45) is 11.8. The summed E-state index contributed by atoms with van der Waals surface area (Å²) in [5.41, 5.74) is 5.43. The van der Waals surface area contributed by atoms with Crippen molar-refractivity contribution in [3.05, 3.63) is 60.2 Å². The van der Waals surface area contributed by atoms with Crippen molar-refractivity contribution in [2.45, 2.75) is 58.8 Å². The van der Waals surface area contributed by atoms with Gasteiger partial charge in [0.15, 0.2) is 0 Å². The molecule has 0 spiro atoms. The zero-order chi connectivity index (χ0) is 19.1. The molecule has 0 N–H and O–H groups in total. The van der Waals surface area contributed by atoms with Gasteiger partial charge in [0.2, 0.25) is 0 Å². The molecule has 0 aromatic heterocycles. The normalized spacial score (nSPS) is 18.0. The third-order valence-corrected chi connectivity index (χ3v) is 6.20. The van der Waals surface area contributed by atoms with Crippen LogP contribution in [0, 0.1) is 11.8 Å². The first kappa shape index (κ1) is 19.7. The number of unbranched alkanes of at least 4 members (excludes halogenated alkanes) is 2. The van der Waals surface area contributed by atoms with Gasteiger partial charge >= 0.3 is 0 Å². The first-order chi connectivity index (χ1) is 13.2. The second-order valence-corrected chi connectivity index (χ2v) is 8.04. The van der Waals surface area contributed by atoms with Crippen molar-refractivity contribution >= 4 is 5.57 Å². The van der Waals surface area contributed by atoms with E-state index in [0.29, 0.717) is 0 Å². The summed E-state index contributed by atoms with van der Waals surface area (Å²) in [5, 5.41) is 0. The average Bonchev–Trinajstić information content (AvgIpc) is 2.74. The molecule has 0 amide bonds. The Morgan fingerprint density at radius 1 is 0.926 bits per heavy atom. The predicted octanol–water partition coefficient (Wildman–Crippen LogP) is 7.76. The summed E-state index contributed by atoms with van der Waals surface area (Å²) in [5.74, 6) is 2.65. The number of benzene rings is 2. The van der Waals surface area contributed by atoms with E-state index in [2.05, 4.69) is 56.3 Å². The Kier molecular flexibility index (Phi) is 7.15. The standard InChI is InChI=1S/C26H34O/c1-4-5-6-7-20(2)21-8-10-22(11-9-21)23-12-14-24(15-13-23)25-16-18-26(27-3)19-17-25/h10,12-21H,4-9,11H2,1-3H3. The fourth-order valence-corrected chi connectivity index (χ4v) is 4.25. The third-order valence-electron chi connectivity index (χ3n) is 6.20. The molecule has 1 aliphatic carbocycles. The van der Waals surface area contributed by atoms with Crippen LogP contribution in [0.3, 0.4) is 0 Å². The van der Waals surface area contributed by atoms with Gasteiger partial charge in [-0.2, -0.15) is 0 Å². The zero-order valence-electron chi connectivity index (χ0n) is 17.2. The van der Waals surface area contributed by atoms with Gasteiger partial charge in [-0.05, 0) is 65.5 Å². The van der Waals surface area contributed by atoms with Crippen LogP contribution in [0.25, 0.3) is 16.7 Å². The summed E-state index contributed by atoms with van der Waals surface area (Å²) in [6.45, 7) is 4.75. The number of rotatable bonds is 8. The number of allylic oxidation sites excluding steroid dienone is 2. The third kappa shape index (κ3) is 5.25. The van der Waals surface area contributed by atoms with Gasteiger partial charge in [0.25, 0.3) is 0 Å². The van der Waals surface area contributed by atoms with E-state index in [1.165, 1.54) is 67.2 Å². The molecule has 1 aliphatic rings. The van der Waals surface area contributed by atoms with Crippen LogP contribution in [0.5, 0.6) is 5.75 Å². The van der Waals surface area contributed by atoms with Gasteiger partial charge < -0.3 is 4.74 Å². The van der Waals surface area contributed by atoms with E-state index in [9.17, 15) is 0 Å². The highest BCUT2D eigenvalue weighted by atomic mass is 16.5. The second kappa shape index (κ2) is 9.78. The molecule has 0 saturated heterocycles. The van der Waals surface area contributed by atoms with Crippen LogP contribution in [0.15, 0.2) is 54.6 Å².